The number of nitro benzene ring substituents is 1. The number of benzene rings is 2. The molecule has 104 valence electrons. The summed E-state index contributed by atoms with van der Waals surface area (Å²) in [6.45, 7) is 0. The van der Waals surface area contributed by atoms with Crippen molar-refractivity contribution in [2.75, 3.05) is 5.32 Å². The number of hydrogen-bond acceptors (Lipinski definition) is 3. The molecule has 0 fully saturated rings. The van der Waals surface area contributed by atoms with Gasteiger partial charge >= 0.3 is 0 Å². The van der Waals surface area contributed by atoms with Crippen molar-refractivity contribution in [1.29, 1.82) is 0 Å². The summed E-state index contributed by atoms with van der Waals surface area (Å²) in [6, 6.07) is 11.8. The van der Waals surface area contributed by atoms with Crippen LogP contribution in [0.5, 0.6) is 0 Å². The number of halogens is 1. The SMILES string of the molecule is O=C1Nc2ccc(Br)cc2/C1=C\c1ccccc1[N+](=O)[O-]. The number of nitrogens with one attached hydrogen (secondary N) is 1. The highest BCUT2D eigenvalue weighted by molar-refractivity contribution is 9.10. The van der Waals surface area contributed by atoms with Crippen molar-refractivity contribution in [3.05, 3.63) is 68.2 Å². The van der Waals surface area contributed by atoms with Crippen LogP contribution in [0.1, 0.15) is 11.1 Å². The average Bonchev–Trinajstić information content (AvgIpc) is 2.75. The van der Waals surface area contributed by atoms with Crippen LogP contribution >= 0.6 is 15.9 Å². The zero-order valence-electron chi connectivity index (χ0n) is 10.7. The third-order valence-corrected chi connectivity index (χ3v) is 3.69. The topological polar surface area (TPSA) is 72.2 Å². The van der Waals surface area contributed by atoms with Gasteiger partial charge in [-0.2, -0.15) is 0 Å². The van der Waals surface area contributed by atoms with Crippen LogP contribution in [-0.4, -0.2) is 10.8 Å². The normalized spacial score (nSPS) is 14.9. The summed E-state index contributed by atoms with van der Waals surface area (Å²) in [5.41, 5.74) is 2.22. The Kier molecular flexibility index (Phi) is 3.31. The van der Waals surface area contributed by atoms with E-state index in [1.165, 1.54) is 6.07 Å². The lowest BCUT2D eigenvalue weighted by atomic mass is 10.0. The molecule has 0 bridgehead atoms. The number of carbonyl (C=O) groups is 1. The van der Waals surface area contributed by atoms with Crippen LogP contribution in [0.2, 0.25) is 0 Å². The van der Waals surface area contributed by atoms with E-state index in [0.29, 0.717) is 16.8 Å². The van der Waals surface area contributed by atoms with Crippen molar-refractivity contribution < 1.29 is 9.72 Å². The van der Waals surface area contributed by atoms with Crippen LogP contribution in [-0.2, 0) is 4.79 Å². The third-order valence-electron chi connectivity index (χ3n) is 3.20. The molecule has 0 saturated heterocycles. The lowest BCUT2D eigenvalue weighted by Gasteiger charge is -2.00. The number of fused-ring (bicyclic) bond motifs is 1. The molecule has 6 heteroatoms. The van der Waals surface area contributed by atoms with E-state index in [0.717, 1.165) is 10.0 Å². The van der Waals surface area contributed by atoms with Gasteiger partial charge in [-0.25, -0.2) is 0 Å². The van der Waals surface area contributed by atoms with Crippen LogP contribution in [0.3, 0.4) is 0 Å². The summed E-state index contributed by atoms with van der Waals surface area (Å²) >= 11 is 3.36. The predicted octanol–water partition coefficient (Wildman–Crippen LogP) is 3.85. The maximum atomic E-state index is 12.1. The van der Waals surface area contributed by atoms with E-state index in [4.69, 9.17) is 0 Å². The van der Waals surface area contributed by atoms with E-state index >= 15 is 0 Å². The van der Waals surface area contributed by atoms with Gasteiger partial charge in [0.25, 0.3) is 11.6 Å². The number of anilines is 1. The molecule has 1 amide bonds. The smallest absolute Gasteiger partial charge is 0.276 e. The van der Waals surface area contributed by atoms with E-state index in [1.54, 1.807) is 30.3 Å². The molecule has 0 atom stereocenters. The first-order valence-electron chi connectivity index (χ1n) is 6.12. The number of hydrogen-bond donors (Lipinski definition) is 1. The van der Waals surface area contributed by atoms with Gasteiger partial charge in [-0.3, -0.25) is 14.9 Å². The monoisotopic (exact) mass is 344 g/mol. The molecule has 1 heterocycles. The molecule has 2 aromatic rings. The largest absolute Gasteiger partial charge is 0.321 e. The average molecular weight is 345 g/mol. The number of rotatable bonds is 2. The van der Waals surface area contributed by atoms with Gasteiger partial charge in [0.2, 0.25) is 0 Å². The van der Waals surface area contributed by atoms with Crippen molar-refractivity contribution >= 4 is 44.9 Å². The third kappa shape index (κ3) is 2.45. The number of carbonyl (C=O) groups excluding carboxylic acids is 1. The Bertz CT molecular complexity index is 799. The predicted molar refractivity (Wildman–Crippen MR) is 83.7 cm³/mol. The molecule has 1 N–H and O–H groups in total. The number of nitro groups is 1. The molecule has 0 saturated carbocycles. The van der Waals surface area contributed by atoms with E-state index in [2.05, 4.69) is 21.2 Å². The minimum atomic E-state index is -0.457. The molecule has 3 rings (SSSR count). The first-order valence-corrected chi connectivity index (χ1v) is 6.92. The lowest BCUT2D eigenvalue weighted by Crippen LogP contribution is -2.03. The summed E-state index contributed by atoms with van der Waals surface area (Å²) in [4.78, 5) is 22.7. The summed E-state index contributed by atoms with van der Waals surface area (Å²) in [5, 5.41) is 13.8. The second-order valence-corrected chi connectivity index (χ2v) is 5.43. The molecule has 1 aliphatic heterocycles. The Labute approximate surface area is 128 Å². The van der Waals surface area contributed by atoms with Gasteiger partial charge in [0.1, 0.15) is 0 Å². The Balaban J connectivity index is 2.16. The van der Waals surface area contributed by atoms with E-state index in [9.17, 15) is 14.9 Å². The number of para-hydroxylation sites is 1. The molecule has 0 aromatic heterocycles. The number of amides is 1. The summed E-state index contributed by atoms with van der Waals surface area (Å²) in [6.07, 6.45) is 1.55. The van der Waals surface area contributed by atoms with Gasteiger partial charge in [0.15, 0.2) is 0 Å². The van der Waals surface area contributed by atoms with Crippen LogP contribution < -0.4 is 5.32 Å². The molecule has 2 aromatic carbocycles. The highest BCUT2D eigenvalue weighted by Crippen LogP contribution is 2.36. The molecular weight excluding hydrogens is 336 g/mol. The quantitative estimate of drug-likeness (QED) is 0.510. The van der Waals surface area contributed by atoms with Gasteiger partial charge in [-0.05, 0) is 30.3 Å². The maximum absolute atomic E-state index is 12.1. The summed E-state index contributed by atoms with van der Waals surface area (Å²) in [5.74, 6) is -0.263. The van der Waals surface area contributed by atoms with Gasteiger partial charge in [0, 0.05) is 27.4 Å². The van der Waals surface area contributed by atoms with Crippen LogP contribution in [0, 0.1) is 10.1 Å². The van der Waals surface area contributed by atoms with Gasteiger partial charge < -0.3 is 5.32 Å². The van der Waals surface area contributed by atoms with Crippen molar-refractivity contribution in [1.82, 2.24) is 0 Å². The standard InChI is InChI=1S/C15H9BrN2O3/c16-10-5-6-13-11(8-10)12(15(19)17-13)7-9-3-1-2-4-14(9)18(20)21/h1-8H,(H,17,19)/b12-7+. The van der Waals surface area contributed by atoms with Gasteiger partial charge in [0.05, 0.1) is 10.5 Å². The Hall–Kier alpha value is -2.47. The maximum Gasteiger partial charge on any atom is 0.276 e. The zero-order chi connectivity index (χ0) is 15.0. The molecule has 0 spiro atoms. The van der Waals surface area contributed by atoms with E-state index in [-0.39, 0.29) is 11.6 Å². The molecule has 0 unspecified atom stereocenters. The van der Waals surface area contributed by atoms with Crippen LogP contribution in [0.25, 0.3) is 11.6 Å². The Morgan fingerprint density at radius 2 is 1.95 bits per heavy atom. The lowest BCUT2D eigenvalue weighted by molar-refractivity contribution is -0.385. The van der Waals surface area contributed by atoms with Crippen molar-refractivity contribution in [2.24, 2.45) is 0 Å². The fourth-order valence-electron chi connectivity index (χ4n) is 2.23. The summed E-state index contributed by atoms with van der Waals surface area (Å²) in [7, 11) is 0. The molecule has 0 aliphatic carbocycles. The molecular formula is C15H9BrN2O3. The van der Waals surface area contributed by atoms with Crippen LogP contribution in [0.4, 0.5) is 11.4 Å². The van der Waals surface area contributed by atoms with Crippen molar-refractivity contribution in [3.63, 3.8) is 0 Å². The van der Waals surface area contributed by atoms with Gasteiger partial charge in [-0.1, -0.05) is 28.1 Å². The van der Waals surface area contributed by atoms with Crippen LogP contribution in [0.15, 0.2) is 46.9 Å². The van der Waals surface area contributed by atoms with Crippen molar-refractivity contribution in [3.8, 4) is 0 Å². The second kappa shape index (κ2) is 5.14. The minimum Gasteiger partial charge on any atom is -0.321 e. The number of nitrogens with zero attached hydrogens (tertiary/aromatic N) is 1. The fourth-order valence-corrected chi connectivity index (χ4v) is 2.60. The Morgan fingerprint density at radius 3 is 2.71 bits per heavy atom. The van der Waals surface area contributed by atoms with Crippen molar-refractivity contribution in [2.45, 2.75) is 0 Å². The zero-order valence-corrected chi connectivity index (χ0v) is 12.3. The first-order chi connectivity index (χ1) is 10.1. The van der Waals surface area contributed by atoms with E-state index in [1.807, 2.05) is 12.1 Å². The molecule has 21 heavy (non-hydrogen) atoms. The first kappa shape index (κ1) is 13.5. The fraction of sp³-hybridized carbons (Fsp3) is 0. The highest BCUT2D eigenvalue weighted by Gasteiger charge is 2.25. The summed E-state index contributed by atoms with van der Waals surface area (Å²) < 4.78 is 0.839. The molecule has 1 aliphatic rings. The Morgan fingerprint density at radius 1 is 1.19 bits per heavy atom. The van der Waals surface area contributed by atoms with E-state index < -0.39 is 4.92 Å². The highest BCUT2D eigenvalue weighted by atomic mass is 79.9. The molecule has 5 nitrogen and oxygen atoms in total. The molecule has 0 radical (unpaired) electrons. The second-order valence-electron chi connectivity index (χ2n) is 4.52. The minimum absolute atomic E-state index is 0.0266. The van der Waals surface area contributed by atoms with Gasteiger partial charge in [-0.15, -0.1) is 0 Å².